The molecule has 2 atom stereocenters. The maximum Gasteiger partial charge on any atom is 0.272 e. The van der Waals surface area contributed by atoms with E-state index in [4.69, 9.17) is 4.99 Å². The van der Waals surface area contributed by atoms with Crippen molar-refractivity contribution in [2.45, 2.75) is 19.5 Å². The summed E-state index contributed by atoms with van der Waals surface area (Å²) in [4.78, 5) is 37.3. The van der Waals surface area contributed by atoms with E-state index in [1.807, 2.05) is 54.6 Å². The first kappa shape index (κ1) is 24.2. The zero-order valence-corrected chi connectivity index (χ0v) is 20.3. The third kappa shape index (κ3) is 4.70. The number of nitrogens with zero attached hydrogens (tertiary/aromatic N) is 3. The highest BCUT2D eigenvalue weighted by Crippen LogP contribution is 2.30. The Bertz CT molecular complexity index is 1550. The maximum absolute atomic E-state index is 13.6. The Morgan fingerprint density at radius 1 is 1.00 bits per heavy atom. The zero-order chi connectivity index (χ0) is 26.1. The Labute approximate surface area is 212 Å². The molecule has 8 heteroatoms. The molecule has 1 aliphatic heterocycles. The molecule has 0 saturated carbocycles. The summed E-state index contributed by atoms with van der Waals surface area (Å²) >= 11 is 0. The van der Waals surface area contributed by atoms with Gasteiger partial charge in [-0.05, 0) is 42.3 Å². The number of benzene rings is 3. The van der Waals surface area contributed by atoms with Crippen LogP contribution in [0.1, 0.15) is 23.6 Å². The lowest BCUT2D eigenvalue weighted by Crippen LogP contribution is -2.47. The molecule has 0 radical (unpaired) electrons. The fraction of sp³-hybridized carbons (Fsp3) is 0.172. The molecule has 0 bridgehead atoms. The van der Waals surface area contributed by atoms with Gasteiger partial charge in [0.05, 0.1) is 16.9 Å². The van der Waals surface area contributed by atoms with Gasteiger partial charge in [-0.25, -0.2) is 13.8 Å². The van der Waals surface area contributed by atoms with Crippen molar-refractivity contribution in [3.8, 4) is 0 Å². The number of amides is 2. The Kier molecular flexibility index (Phi) is 6.48. The molecular formula is C29H24F2N4O2. The van der Waals surface area contributed by atoms with E-state index in [2.05, 4.69) is 10.3 Å². The standard InChI is InChI=1S/C29H24F2N4O2/c1-17(15-18-12-13-22(30)23(31)16-18)28(36)34-27-29(37)35(2)25-11-4-3-7-21(25)26(33-27)20-8-5-10-24-19(20)9-6-14-32-24/h3-14,16-17,27H,15H2,1-2H3,(H,34,36)/t17-,27?/m0/s1. The average molecular weight is 499 g/mol. The van der Waals surface area contributed by atoms with Gasteiger partial charge in [0.2, 0.25) is 12.1 Å². The van der Waals surface area contributed by atoms with E-state index < -0.39 is 35.5 Å². The van der Waals surface area contributed by atoms with E-state index in [1.165, 1.54) is 11.0 Å². The number of para-hydroxylation sites is 1. The largest absolute Gasteiger partial charge is 0.326 e. The van der Waals surface area contributed by atoms with Crippen molar-refractivity contribution in [2.24, 2.45) is 10.9 Å². The summed E-state index contributed by atoms with van der Waals surface area (Å²) in [5.74, 6) is -3.35. The first-order chi connectivity index (χ1) is 17.8. The number of aromatic nitrogens is 1. The van der Waals surface area contributed by atoms with Crippen molar-refractivity contribution in [2.75, 3.05) is 11.9 Å². The summed E-state index contributed by atoms with van der Waals surface area (Å²) in [6, 6.07) is 20.5. The molecule has 3 aromatic carbocycles. The topological polar surface area (TPSA) is 74.7 Å². The van der Waals surface area contributed by atoms with Gasteiger partial charge in [-0.2, -0.15) is 0 Å². The average Bonchev–Trinajstić information content (AvgIpc) is 3.01. The SMILES string of the molecule is C[C@@H](Cc1ccc(F)c(F)c1)C(=O)NC1N=C(c2cccc3ncccc23)c2ccccc2N(C)C1=O. The van der Waals surface area contributed by atoms with E-state index >= 15 is 0 Å². The number of aliphatic imine (C=N–C) groups is 1. The first-order valence-corrected chi connectivity index (χ1v) is 11.9. The van der Waals surface area contributed by atoms with Crippen molar-refractivity contribution >= 4 is 34.1 Å². The molecule has 1 aromatic heterocycles. The third-order valence-electron chi connectivity index (χ3n) is 6.50. The maximum atomic E-state index is 13.6. The number of halogens is 2. The highest BCUT2D eigenvalue weighted by atomic mass is 19.2. The number of fused-ring (bicyclic) bond motifs is 2. The quantitative estimate of drug-likeness (QED) is 0.435. The Balaban J connectivity index is 1.52. The molecule has 2 heterocycles. The van der Waals surface area contributed by atoms with E-state index in [0.29, 0.717) is 17.0 Å². The van der Waals surface area contributed by atoms with Crippen LogP contribution in [-0.4, -0.2) is 35.7 Å². The molecule has 0 aliphatic carbocycles. The Morgan fingerprint density at radius 3 is 2.59 bits per heavy atom. The number of hydrogen-bond donors (Lipinski definition) is 1. The second-order valence-corrected chi connectivity index (χ2v) is 9.03. The van der Waals surface area contributed by atoms with Crippen LogP contribution in [0.2, 0.25) is 0 Å². The predicted octanol–water partition coefficient (Wildman–Crippen LogP) is 4.65. The number of pyridine rings is 1. The van der Waals surface area contributed by atoms with Gasteiger partial charge in [-0.15, -0.1) is 0 Å². The van der Waals surface area contributed by atoms with Crippen molar-refractivity contribution in [3.05, 3.63) is 107 Å². The smallest absolute Gasteiger partial charge is 0.272 e. The van der Waals surface area contributed by atoms with Gasteiger partial charge in [0.1, 0.15) is 0 Å². The van der Waals surface area contributed by atoms with E-state index in [1.54, 1.807) is 20.2 Å². The lowest BCUT2D eigenvalue weighted by atomic mass is 9.97. The first-order valence-electron chi connectivity index (χ1n) is 11.9. The molecule has 6 nitrogen and oxygen atoms in total. The number of benzodiazepines with no additional fused rings is 1. The van der Waals surface area contributed by atoms with Crippen LogP contribution in [0.15, 0.2) is 84.0 Å². The van der Waals surface area contributed by atoms with Crippen LogP contribution in [0.25, 0.3) is 10.9 Å². The van der Waals surface area contributed by atoms with Gasteiger partial charge in [-0.3, -0.25) is 14.6 Å². The fourth-order valence-corrected chi connectivity index (χ4v) is 4.53. The van der Waals surface area contributed by atoms with Crippen molar-refractivity contribution in [3.63, 3.8) is 0 Å². The number of anilines is 1. The van der Waals surface area contributed by atoms with Crippen LogP contribution >= 0.6 is 0 Å². The van der Waals surface area contributed by atoms with Crippen molar-refractivity contribution < 1.29 is 18.4 Å². The van der Waals surface area contributed by atoms with Gasteiger partial charge in [0.15, 0.2) is 11.6 Å². The van der Waals surface area contributed by atoms with E-state index in [0.717, 1.165) is 34.2 Å². The number of carbonyl (C=O) groups is 2. The normalized spacial score (nSPS) is 16.1. The van der Waals surface area contributed by atoms with Crippen LogP contribution in [0.4, 0.5) is 14.5 Å². The molecule has 5 rings (SSSR count). The van der Waals surface area contributed by atoms with Crippen molar-refractivity contribution in [1.29, 1.82) is 0 Å². The molecule has 186 valence electrons. The molecule has 1 N–H and O–H groups in total. The molecule has 4 aromatic rings. The van der Waals surface area contributed by atoms with Crippen molar-refractivity contribution in [1.82, 2.24) is 10.3 Å². The number of carbonyl (C=O) groups excluding carboxylic acids is 2. The van der Waals surface area contributed by atoms with Gasteiger partial charge in [0, 0.05) is 35.7 Å². The summed E-state index contributed by atoms with van der Waals surface area (Å²) < 4.78 is 26.9. The zero-order valence-electron chi connectivity index (χ0n) is 20.3. The molecular weight excluding hydrogens is 474 g/mol. The van der Waals surface area contributed by atoms with Gasteiger partial charge in [0.25, 0.3) is 5.91 Å². The summed E-state index contributed by atoms with van der Waals surface area (Å²) in [7, 11) is 1.65. The number of likely N-dealkylation sites (N-methyl/N-ethyl adjacent to an activating group) is 1. The van der Waals surface area contributed by atoms with Gasteiger partial charge < -0.3 is 10.2 Å². The second kappa shape index (κ2) is 9.89. The molecule has 0 fully saturated rings. The minimum atomic E-state index is -1.18. The molecule has 0 spiro atoms. The van der Waals surface area contributed by atoms with Gasteiger partial charge >= 0.3 is 0 Å². The summed E-state index contributed by atoms with van der Waals surface area (Å²) in [6.07, 6.45) is 0.703. The summed E-state index contributed by atoms with van der Waals surface area (Å²) in [6.45, 7) is 1.66. The predicted molar refractivity (Wildman–Crippen MR) is 138 cm³/mol. The summed E-state index contributed by atoms with van der Waals surface area (Å²) in [5, 5.41) is 3.63. The Hall–Kier alpha value is -4.46. The third-order valence-corrected chi connectivity index (χ3v) is 6.50. The molecule has 1 aliphatic rings. The minimum absolute atomic E-state index is 0.172. The van der Waals surface area contributed by atoms with Gasteiger partial charge in [-0.1, -0.05) is 49.4 Å². The van der Waals surface area contributed by atoms with Crippen LogP contribution < -0.4 is 10.2 Å². The highest BCUT2D eigenvalue weighted by molar-refractivity contribution is 6.24. The van der Waals surface area contributed by atoms with Crippen LogP contribution in [0.5, 0.6) is 0 Å². The lowest BCUT2D eigenvalue weighted by molar-refractivity contribution is -0.129. The second-order valence-electron chi connectivity index (χ2n) is 9.03. The minimum Gasteiger partial charge on any atom is -0.326 e. The summed E-state index contributed by atoms with van der Waals surface area (Å²) in [5.41, 5.74) is 4.02. The highest BCUT2D eigenvalue weighted by Gasteiger charge is 2.32. The number of nitrogens with one attached hydrogen (secondary N) is 1. The number of rotatable bonds is 5. The van der Waals surface area contributed by atoms with E-state index in [-0.39, 0.29) is 6.42 Å². The molecule has 1 unspecified atom stereocenters. The lowest BCUT2D eigenvalue weighted by Gasteiger charge is -2.22. The Morgan fingerprint density at radius 2 is 1.78 bits per heavy atom. The number of hydrogen-bond acceptors (Lipinski definition) is 4. The fourth-order valence-electron chi connectivity index (χ4n) is 4.53. The van der Waals surface area contributed by atoms with Crippen LogP contribution in [0.3, 0.4) is 0 Å². The van der Waals surface area contributed by atoms with E-state index in [9.17, 15) is 18.4 Å². The molecule has 2 amide bonds. The van der Waals surface area contributed by atoms with Crippen LogP contribution in [0, 0.1) is 17.6 Å². The van der Waals surface area contributed by atoms with Crippen LogP contribution in [-0.2, 0) is 16.0 Å². The monoisotopic (exact) mass is 498 g/mol. The molecule has 37 heavy (non-hydrogen) atoms. The molecule has 0 saturated heterocycles.